The van der Waals surface area contributed by atoms with E-state index < -0.39 is 0 Å². The molecule has 2 aromatic carbocycles. The molecule has 0 aliphatic heterocycles. The maximum Gasteiger partial charge on any atom is 0.263 e. The number of carbonyl (C=O) groups is 1. The molecular weight excluding hydrogens is 408 g/mol. The number of ether oxygens (including phenoxy) is 1. The number of hydrogen-bond donors (Lipinski definition) is 0. The maximum atomic E-state index is 13.4. The summed E-state index contributed by atoms with van der Waals surface area (Å²) in [6, 6.07) is 13.3. The van der Waals surface area contributed by atoms with E-state index in [4.69, 9.17) is 4.74 Å². The molecule has 31 heavy (non-hydrogen) atoms. The number of thiophene rings is 1. The van der Waals surface area contributed by atoms with Crippen LogP contribution in [0.2, 0.25) is 0 Å². The standard InChI is InChI=1S/C25H24N2O3S/c1-5-21-22(18-7-6-8-19(12-18)30-4)23-24(31-21)26-14-27(25(23)29)13-20(28)17-10-9-15(2)16(3)11-17/h6-12,14H,5,13H2,1-4H3. The topological polar surface area (TPSA) is 61.2 Å². The normalized spacial score (nSPS) is 11.1. The number of aromatic nitrogens is 2. The third kappa shape index (κ3) is 3.91. The Labute approximate surface area is 185 Å². The first kappa shape index (κ1) is 21.0. The molecule has 4 rings (SSSR count). The van der Waals surface area contributed by atoms with Gasteiger partial charge in [-0.25, -0.2) is 4.98 Å². The first-order valence-corrected chi connectivity index (χ1v) is 11.0. The SMILES string of the molecule is CCc1sc2ncn(CC(=O)c3ccc(C)c(C)c3)c(=O)c2c1-c1cccc(OC)c1. The Kier molecular flexibility index (Phi) is 5.74. The van der Waals surface area contributed by atoms with Gasteiger partial charge in [0.1, 0.15) is 10.6 Å². The van der Waals surface area contributed by atoms with E-state index in [1.165, 1.54) is 22.2 Å². The zero-order valence-corrected chi connectivity index (χ0v) is 18.9. The zero-order chi connectivity index (χ0) is 22.1. The lowest BCUT2D eigenvalue weighted by Gasteiger charge is -2.09. The largest absolute Gasteiger partial charge is 0.497 e. The van der Waals surface area contributed by atoms with Gasteiger partial charge < -0.3 is 4.74 Å². The predicted molar refractivity (Wildman–Crippen MR) is 125 cm³/mol. The maximum absolute atomic E-state index is 13.4. The van der Waals surface area contributed by atoms with Gasteiger partial charge in [-0.1, -0.05) is 31.2 Å². The average molecular weight is 433 g/mol. The molecule has 158 valence electrons. The number of nitrogens with zero attached hydrogens (tertiary/aromatic N) is 2. The molecule has 0 spiro atoms. The van der Waals surface area contributed by atoms with Gasteiger partial charge in [0.25, 0.3) is 5.56 Å². The van der Waals surface area contributed by atoms with Crippen molar-refractivity contribution in [3.63, 3.8) is 0 Å². The van der Waals surface area contributed by atoms with Crippen LogP contribution in [-0.4, -0.2) is 22.4 Å². The summed E-state index contributed by atoms with van der Waals surface area (Å²) in [5, 5.41) is 0.561. The lowest BCUT2D eigenvalue weighted by Crippen LogP contribution is -2.24. The Morgan fingerprint density at radius 1 is 1.13 bits per heavy atom. The van der Waals surface area contributed by atoms with Crippen LogP contribution in [0.25, 0.3) is 21.3 Å². The van der Waals surface area contributed by atoms with Crippen LogP contribution >= 0.6 is 11.3 Å². The van der Waals surface area contributed by atoms with Gasteiger partial charge in [0.2, 0.25) is 0 Å². The Morgan fingerprint density at radius 2 is 1.94 bits per heavy atom. The number of hydrogen-bond acceptors (Lipinski definition) is 5. The van der Waals surface area contributed by atoms with Crippen molar-refractivity contribution in [1.29, 1.82) is 0 Å². The van der Waals surface area contributed by atoms with Crippen LogP contribution in [-0.2, 0) is 13.0 Å². The van der Waals surface area contributed by atoms with Crippen LogP contribution < -0.4 is 10.3 Å². The second kappa shape index (κ2) is 8.47. The highest BCUT2D eigenvalue weighted by Gasteiger charge is 2.19. The van der Waals surface area contributed by atoms with Crippen LogP contribution in [0.1, 0.15) is 33.3 Å². The van der Waals surface area contributed by atoms with Crippen molar-refractivity contribution in [2.24, 2.45) is 0 Å². The quantitative estimate of drug-likeness (QED) is 0.393. The van der Waals surface area contributed by atoms with Gasteiger partial charge in [-0.15, -0.1) is 11.3 Å². The van der Waals surface area contributed by atoms with E-state index in [1.54, 1.807) is 7.11 Å². The summed E-state index contributed by atoms with van der Waals surface area (Å²) < 4.78 is 6.78. The van der Waals surface area contributed by atoms with Crippen molar-refractivity contribution in [3.05, 3.63) is 80.7 Å². The number of benzene rings is 2. The van der Waals surface area contributed by atoms with Crippen LogP contribution in [0.4, 0.5) is 0 Å². The molecule has 0 radical (unpaired) electrons. The van der Waals surface area contributed by atoms with Crippen LogP contribution in [0.15, 0.2) is 53.6 Å². The van der Waals surface area contributed by atoms with Gasteiger partial charge in [0, 0.05) is 16.0 Å². The summed E-state index contributed by atoms with van der Waals surface area (Å²) in [5.74, 6) is 0.619. The highest BCUT2D eigenvalue weighted by atomic mass is 32.1. The summed E-state index contributed by atoms with van der Waals surface area (Å²) >= 11 is 1.52. The number of aryl methyl sites for hydroxylation is 3. The Bertz CT molecular complexity index is 1350. The summed E-state index contributed by atoms with van der Waals surface area (Å²) in [6.45, 7) is 6.01. The fraction of sp³-hybridized carbons (Fsp3) is 0.240. The Hall–Kier alpha value is -3.25. The van der Waals surface area contributed by atoms with Crippen molar-refractivity contribution in [1.82, 2.24) is 9.55 Å². The van der Waals surface area contributed by atoms with E-state index in [1.807, 2.05) is 56.3 Å². The molecule has 2 aromatic heterocycles. The molecular formula is C25H24N2O3S. The second-order valence-electron chi connectivity index (χ2n) is 7.57. The first-order valence-electron chi connectivity index (χ1n) is 10.2. The van der Waals surface area contributed by atoms with Crippen molar-refractivity contribution in [3.8, 4) is 16.9 Å². The molecule has 5 nitrogen and oxygen atoms in total. The van der Waals surface area contributed by atoms with Gasteiger partial charge >= 0.3 is 0 Å². The summed E-state index contributed by atoms with van der Waals surface area (Å²) in [5.41, 5.74) is 4.38. The van der Waals surface area contributed by atoms with Crippen LogP contribution in [0.3, 0.4) is 0 Å². The number of Topliss-reactive ketones (excluding diaryl/α,β-unsaturated/α-hetero) is 1. The van der Waals surface area contributed by atoms with Gasteiger partial charge in [0.05, 0.1) is 25.4 Å². The first-order chi connectivity index (χ1) is 14.9. The third-order valence-electron chi connectivity index (χ3n) is 5.57. The minimum absolute atomic E-state index is 0.0425. The molecule has 0 amide bonds. The third-order valence-corrected chi connectivity index (χ3v) is 6.82. The summed E-state index contributed by atoms with van der Waals surface area (Å²) in [7, 11) is 1.62. The van der Waals surface area contributed by atoms with E-state index in [0.717, 1.165) is 39.3 Å². The van der Waals surface area contributed by atoms with Gasteiger partial charge in [-0.2, -0.15) is 0 Å². The Morgan fingerprint density at radius 3 is 2.65 bits per heavy atom. The summed E-state index contributed by atoms with van der Waals surface area (Å²) in [4.78, 5) is 32.6. The number of methoxy groups -OCH3 is 1. The average Bonchev–Trinajstić information content (AvgIpc) is 3.17. The van der Waals surface area contributed by atoms with Crippen molar-refractivity contribution < 1.29 is 9.53 Å². The van der Waals surface area contributed by atoms with Gasteiger partial charge in [-0.3, -0.25) is 14.2 Å². The molecule has 0 unspecified atom stereocenters. The number of fused-ring (bicyclic) bond motifs is 1. The molecule has 0 aliphatic rings. The monoisotopic (exact) mass is 432 g/mol. The van der Waals surface area contributed by atoms with Crippen molar-refractivity contribution in [2.75, 3.05) is 7.11 Å². The van der Waals surface area contributed by atoms with Crippen molar-refractivity contribution in [2.45, 2.75) is 33.7 Å². The molecule has 6 heteroatoms. The lowest BCUT2D eigenvalue weighted by molar-refractivity contribution is 0.0970. The molecule has 4 aromatic rings. The van der Waals surface area contributed by atoms with E-state index in [0.29, 0.717) is 15.8 Å². The van der Waals surface area contributed by atoms with Crippen LogP contribution in [0.5, 0.6) is 5.75 Å². The minimum Gasteiger partial charge on any atom is -0.497 e. The molecule has 0 saturated heterocycles. The van der Waals surface area contributed by atoms with E-state index in [2.05, 4.69) is 11.9 Å². The molecule has 0 aliphatic carbocycles. The number of carbonyl (C=O) groups excluding carboxylic acids is 1. The zero-order valence-electron chi connectivity index (χ0n) is 18.1. The van der Waals surface area contributed by atoms with Gasteiger partial charge in [0.15, 0.2) is 5.78 Å². The Balaban J connectivity index is 1.82. The molecule has 2 heterocycles. The van der Waals surface area contributed by atoms with E-state index in [-0.39, 0.29) is 17.9 Å². The fourth-order valence-electron chi connectivity index (χ4n) is 3.68. The number of rotatable bonds is 6. The number of ketones is 1. The van der Waals surface area contributed by atoms with E-state index >= 15 is 0 Å². The van der Waals surface area contributed by atoms with E-state index in [9.17, 15) is 9.59 Å². The molecule has 0 fully saturated rings. The highest BCUT2D eigenvalue weighted by Crippen LogP contribution is 2.37. The summed E-state index contributed by atoms with van der Waals surface area (Å²) in [6.07, 6.45) is 2.27. The smallest absolute Gasteiger partial charge is 0.263 e. The molecule has 0 N–H and O–H groups in total. The van der Waals surface area contributed by atoms with Gasteiger partial charge in [-0.05, 0) is 55.2 Å². The molecule has 0 atom stereocenters. The molecule has 0 bridgehead atoms. The lowest BCUT2D eigenvalue weighted by atomic mass is 10.0. The fourth-order valence-corrected chi connectivity index (χ4v) is 4.77. The minimum atomic E-state index is -0.198. The molecule has 0 saturated carbocycles. The van der Waals surface area contributed by atoms with Crippen molar-refractivity contribution >= 4 is 27.3 Å². The second-order valence-corrected chi connectivity index (χ2v) is 8.65. The van der Waals surface area contributed by atoms with Crippen LogP contribution in [0, 0.1) is 13.8 Å². The highest BCUT2D eigenvalue weighted by molar-refractivity contribution is 7.19. The predicted octanol–water partition coefficient (Wildman–Crippen LogP) is 5.20.